The standard InChI is InChI=1S/C36H40N8O7/c1-4-10-43(32(45)16-38-35(47)48)18-30-37-15-28(41-30)22-6-8-24-23(12-22)20-51-29-14-25-21(13-26(24)29)7-9-27-34(25)42-31(40-27)19-44(11-5-2)33(46)17-39-36(49)50-3/h6-9,12-15,38H,4-5,10-11,16-20H2,1-3H3,(H,37,41)(H,39,49)(H,40,42)(H,47,48). The quantitative estimate of drug-likeness (QED) is 0.115. The van der Waals surface area contributed by atoms with Crippen LogP contribution in [0.25, 0.3) is 44.2 Å². The molecule has 2 aromatic heterocycles. The topological polar surface area (TPSA) is 195 Å². The molecule has 0 unspecified atom stereocenters. The minimum atomic E-state index is -1.24. The molecule has 3 heterocycles. The number of benzene rings is 3. The lowest BCUT2D eigenvalue weighted by atomic mass is 9.92. The predicted molar refractivity (Wildman–Crippen MR) is 189 cm³/mol. The molecule has 0 atom stereocenters. The number of imidazole rings is 2. The summed E-state index contributed by atoms with van der Waals surface area (Å²) in [7, 11) is 1.25. The van der Waals surface area contributed by atoms with Crippen molar-refractivity contribution >= 4 is 45.8 Å². The monoisotopic (exact) mass is 696 g/mol. The van der Waals surface area contributed by atoms with E-state index in [1.54, 1.807) is 16.0 Å². The number of hydrogen-bond donors (Lipinski definition) is 5. The van der Waals surface area contributed by atoms with Crippen LogP contribution in [0.2, 0.25) is 0 Å². The zero-order valence-electron chi connectivity index (χ0n) is 28.7. The highest BCUT2D eigenvalue weighted by molar-refractivity contribution is 6.07. The molecule has 266 valence electrons. The largest absolute Gasteiger partial charge is 0.488 e. The molecule has 1 aliphatic heterocycles. The molecular formula is C36H40N8O7. The van der Waals surface area contributed by atoms with Gasteiger partial charge >= 0.3 is 12.2 Å². The summed E-state index contributed by atoms with van der Waals surface area (Å²) in [5, 5.41) is 15.4. The molecule has 0 saturated carbocycles. The molecule has 0 spiro atoms. The van der Waals surface area contributed by atoms with Gasteiger partial charge in [0.25, 0.3) is 0 Å². The smallest absolute Gasteiger partial charge is 0.407 e. The number of nitrogens with zero attached hydrogens (tertiary/aromatic N) is 4. The van der Waals surface area contributed by atoms with Crippen LogP contribution in [0.4, 0.5) is 9.59 Å². The molecule has 15 heteroatoms. The highest BCUT2D eigenvalue weighted by Crippen LogP contribution is 2.42. The second kappa shape index (κ2) is 15.2. The third-order valence-electron chi connectivity index (χ3n) is 8.67. The Labute approximate surface area is 293 Å². The maximum atomic E-state index is 12.8. The fourth-order valence-electron chi connectivity index (χ4n) is 6.26. The van der Waals surface area contributed by atoms with Gasteiger partial charge in [0.05, 0.1) is 43.1 Å². The molecule has 0 fully saturated rings. The number of aromatic amines is 2. The first kappa shape index (κ1) is 34.7. The minimum Gasteiger partial charge on any atom is -0.488 e. The van der Waals surface area contributed by atoms with Crippen LogP contribution in [0, 0.1) is 0 Å². The number of carbonyl (C=O) groups excluding carboxylic acids is 3. The highest BCUT2D eigenvalue weighted by Gasteiger charge is 2.22. The number of aromatic nitrogens is 4. The Balaban J connectivity index is 1.21. The zero-order valence-corrected chi connectivity index (χ0v) is 28.7. The number of alkyl carbamates (subject to hydrolysis) is 1. The summed E-state index contributed by atoms with van der Waals surface area (Å²) < 4.78 is 10.9. The van der Waals surface area contributed by atoms with Gasteiger partial charge in [0.1, 0.15) is 37.1 Å². The fraction of sp³-hybridized carbons (Fsp3) is 0.333. The van der Waals surface area contributed by atoms with E-state index in [1.165, 1.54) is 7.11 Å². The van der Waals surface area contributed by atoms with Crippen molar-refractivity contribution in [3.05, 3.63) is 65.9 Å². The van der Waals surface area contributed by atoms with Crippen molar-refractivity contribution in [3.8, 4) is 28.1 Å². The Morgan fingerprint density at radius 3 is 2.33 bits per heavy atom. The van der Waals surface area contributed by atoms with Crippen LogP contribution >= 0.6 is 0 Å². The van der Waals surface area contributed by atoms with E-state index in [0.29, 0.717) is 31.3 Å². The molecule has 5 aromatic rings. The lowest BCUT2D eigenvalue weighted by molar-refractivity contribution is -0.131. The van der Waals surface area contributed by atoms with Crippen LogP contribution in [0.1, 0.15) is 43.9 Å². The number of H-pyrrole nitrogens is 2. The van der Waals surface area contributed by atoms with E-state index in [4.69, 9.17) is 14.8 Å². The maximum absolute atomic E-state index is 12.8. The number of amides is 4. The van der Waals surface area contributed by atoms with Crippen molar-refractivity contribution in [1.82, 2.24) is 40.4 Å². The van der Waals surface area contributed by atoms with Crippen molar-refractivity contribution in [2.75, 3.05) is 33.3 Å². The molecule has 0 radical (unpaired) electrons. The third kappa shape index (κ3) is 7.71. The molecule has 51 heavy (non-hydrogen) atoms. The van der Waals surface area contributed by atoms with E-state index >= 15 is 0 Å². The van der Waals surface area contributed by atoms with Gasteiger partial charge in [-0.15, -0.1) is 0 Å². The normalized spacial score (nSPS) is 11.7. The maximum Gasteiger partial charge on any atom is 0.407 e. The Morgan fingerprint density at radius 2 is 1.63 bits per heavy atom. The molecule has 0 bridgehead atoms. The average molecular weight is 697 g/mol. The molecule has 0 saturated heterocycles. The third-order valence-corrected chi connectivity index (χ3v) is 8.67. The van der Waals surface area contributed by atoms with Crippen LogP contribution in [0.3, 0.4) is 0 Å². The van der Waals surface area contributed by atoms with Gasteiger partial charge in [0, 0.05) is 24.0 Å². The van der Waals surface area contributed by atoms with E-state index in [2.05, 4.69) is 48.5 Å². The van der Waals surface area contributed by atoms with Crippen LogP contribution in [0.15, 0.2) is 48.7 Å². The van der Waals surface area contributed by atoms with Gasteiger partial charge in [-0.05, 0) is 59.2 Å². The highest BCUT2D eigenvalue weighted by atomic mass is 16.5. The summed E-state index contributed by atoms with van der Waals surface area (Å²) in [5.74, 6) is 1.43. The van der Waals surface area contributed by atoms with Crippen LogP contribution in [-0.4, -0.2) is 92.1 Å². The molecule has 5 N–H and O–H groups in total. The molecule has 4 amide bonds. The first-order chi connectivity index (χ1) is 24.7. The van der Waals surface area contributed by atoms with Crippen molar-refractivity contribution in [2.45, 2.75) is 46.4 Å². The summed E-state index contributed by atoms with van der Waals surface area (Å²) >= 11 is 0. The number of rotatable bonds is 13. The van der Waals surface area contributed by atoms with Gasteiger partial charge in [-0.25, -0.2) is 19.6 Å². The fourth-order valence-corrected chi connectivity index (χ4v) is 6.26. The first-order valence-corrected chi connectivity index (χ1v) is 16.8. The molecule has 0 aliphatic carbocycles. The number of methoxy groups -OCH3 is 1. The summed E-state index contributed by atoms with van der Waals surface area (Å²) in [6, 6.07) is 14.3. The average Bonchev–Trinajstić information content (AvgIpc) is 3.78. The Bertz CT molecular complexity index is 2110. The minimum absolute atomic E-state index is 0.166. The van der Waals surface area contributed by atoms with E-state index in [0.717, 1.165) is 68.3 Å². The Hall–Kier alpha value is -6.12. The van der Waals surface area contributed by atoms with Gasteiger partial charge in [-0.1, -0.05) is 32.0 Å². The van der Waals surface area contributed by atoms with Crippen molar-refractivity contribution in [1.29, 1.82) is 0 Å². The van der Waals surface area contributed by atoms with E-state index in [-0.39, 0.29) is 38.0 Å². The van der Waals surface area contributed by atoms with E-state index in [1.807, 2.05) is 38.1 Å². The van der Waals surface area contributed by atoms with Gasteiger partial charge in [0.15, 0.2) is 0 Å². The van der Waals surface area contributed by atoms with Gasteiger partial charge in [-0.2, -0.15) is 0 Å². The molecule has 3 aromatic carbocycles. The number of fused-ring (bicyclic) bond motifs is 6. The molecule has 6 rings (SSSR count). The van der Waals surface area contributed by atoms with Gasteiger partial charge < -0.3 is 45.0 Å². The lowest BCUT2D eigenvalue weighted by Crippen LogP contribution is -2.40. The molecule has 15 nitrogen and oxygen atoms in total. The number of hydrogen-bond acceptors (Lipinski definition) is 8. The zero-order chi connectivity index (χ0) is 36.1. The van der Waals surface area contributed by atoms with Crippen LogP contribution in [0.5, 0.6) is 5.75 Å². The van der Waals surface area contributed by atoms with Crippen molar-refractivity contribution in [3.63, 3.8) is 0 Å². The second-order valence-electron chi connectivity index (χ2n) is 12.3. The summed E-state index contributed by atoms with van der Waals surface area (Å²) in [5.41, 5.74) is 6.39. The van der Waals surface area contributed by atoms with Crippen LogP contribution in [-0.2, 0) is 34.0 Å². The lowest BCUT2D eigenvalue weighted by Gasteiger charge is -2.22. The van der Waals surface area contributed by atoms with E-state index in [9.17, 15) is 19.2 Å². The number of carbonyl (C=O) groups is 4. The van der Waals surface area contributed by atoms with Crippen LogP contribution < -0.4 is 15.4 Å². The van der Waals surface area contributed by atoms with Gasteiger partial charge in [0.2, 0.25) is 11.8 Å². The Morgan fingerprint density at radius 1 is 0.902 bits per heavy atom. The first-order valence-electron chi connectivity index (χ1n) is 16.8. The molecular weight excluding hydrogens is 656 g/mol. The molecule has 1 aliphatic rings. The number of ether oxygens (including phenoxy) is 2. The summed E-state index contributed by atoms with van der Waals surface area (Å²) in [6.07, 6.45) is 1.29. The SMILES string of the molecule is CCCN(Cc1ncc(-c2ccc3c(c2)COc2cc4c(ccc5nc(CN(CCC)C(=O)CNC(=O)OC)[nH]c54)cc2-3)[nH]1)C(=O)CNC(=O)O. The summed E-state index contributed by atoms with van der Waals surface area (Å²) in [6.45, 7) is 5.33. The number of nitrogens with one attached hydrogen (secondary N) is 4. The van der Waals surface area contributed by atoms with E-state index < -0.39 is 12.2 Å². The number of carboxylic acid groups (broad SMARTS) is 1. The van der Waals surface area contributed by atoms with Gasteiger partial charge in [-0.3, -0.25) is 9.59 Å². The Kier molecular flexibility index (Phi) is 10.3. The predicted octanol–water partition coefficient (Wildman–Crippen LogP) is 4.77. The summed E-state index contributed by atoms with van der Waals surface area (Å²) in [4.78, 5) is 66.9. The van der Waals surface area contributed by atoms with Crippen molar-refractivity contribution in [2.24, 2.45) is 0 Å². The van der Waals surface area contributed by atoms with Crippen molar-refractivity contribution < 1.29 is 33.8 Å². The second-order valence-corrected chi connectivity index (χ2v) is 12.3.